The number of aryl methyl sites for hydroxylation is 1. The molecule has 1 saturated heterocycles. The van der Waals surface area contributed by atoms with E-state index in [1.165, 1.54) is 4.90 Å². The van der Waals surface area contributed by atoms with Gasteiger partial charge in [0.2, 0.25) is 0 Å². The van der Waals surface area contributed by atoms with E-state index in [1.54, 1.807) is 0 Å². The van der Waals surface area contributed by atoms with Crippen molar-refractivity contribution in [1.29, 1.82) is 0 Å². The van der Waals surface area contributed by atoms with Gasteiger partial charge in [-0.05, 0) is 61.9 Å². The number of anilines is 1. The van der Waals surface area contributed by atoms with Crippen LogP contribution in [0, 0.1) is 12.8 Å². The molecule has 0 bridgehead atoms. The zero-order valence-corrected chi connectivity index (χ0v) is 18.6. The summed E-state index contributed by atoms with van der Waals surface area (Å²) in [7, 11) is 0. The van der Waals surface area contributed by atoms with E-state index >= 15 is 0 Å². The summed E-state index contributed by atoms with van der Waals surface area (Å²) in [6, 6.07) is 15.1. The van der Waals surface area contributed by atoms with E-state index in [9.17, 15) is 9.59 Å². The summed E-state index contributed by atoms with van der Waals surface area (Å²) in [6.07, 6.45) is 3.22. The van der Waals surface area contributed by atoms with Crippen molar-refractivity contribution in [3.8, 4) is 5.75 Å². The van der Waals surface area contributed by atoms with Crippen LogP contribution in [0.25, 0.3) is 5.57 Å². The Morgan fingerprint density at radius 2 is 1.52 bits per heavy atom. The van der Waals surface area contributed by atoms with Gasteiger partial charge < -0.3 is 9.64 Å². The lowest BCUT2D eigenvalue weighted by Gasteiger charge is -2.29. The summed E-state index contributed by atoms with van der Waals surface area (Å²) in [4.78, 5) is 30.5. The monoisotopic (exact) mass is 418 g/mol. The number of hydrogen-bond acceptors (Lipinski definition) is 4. The van der Waals surface area contributed by atoms with Crippen LogP contribution in [0.15, 0.2) is 54.2 Å². The van der Waals surface area contributed by atoms with E-state index in [0.717, 1.165) is 49.2 Å². The molecule has 2 aromatic rings. The molecule has 0 aromatic heterocycles. The predicted molar refractivity (Wildman–Crippen MR) is 123 cm³/mol. The number of rotatable bonds is 6. The van der Waals surface area contributed by atoms with Crippen LogP contribution in [0.1, 0.15) is 44.2 Å². The molecule has 2 amide bonds. The average Bonchev–Trinajstić information content (AvgIpc) is 3.04. The summed E-state index contributed by atoms with van der Waals surface area (Å²) in [5, 5.41) is 0. The van der Waals surface area contributed by atoms with Crippen LogP contribution < -0.4 is 9.64 Å². The smallest absolute Gasteiger partial charge is 0.282 e. The minimum Gasteiger partial charge on any atom is -0.493 e. The Hall–Kier alpha value is -3.08. The molecule has 2 heterocycles. The van der Waals surface area contributed by atoms with E-state index in [2.05, 4.69) is 18.7 Å². The number of nitrogens with zero attached hydrogens (tertiary/aromatic N) is 2. The normalized spacial score (nSPS) is 17.2. The standard InChI is InChI=1S/C26H30N2O3/c1-18(2)17-31-22-13-9-20(10-14-22)23-24(27-15-5-4-6-16-27)26(30)28(25(23)29)21-11-7-19(3)8-12-21/h7-14,18H,4-6,15-17H2,1-3H3. The van der Waals surface area contributed by atoms with Gasteiger partial charge in [0.25, 0.3) is 11.8 Å². The quantitative estimate of drug-likeness (QED) is 0.633. The lowest BCUT2D eigenvalue weighted by Crippen LogP contribution is -2.37. The maximum absolute atomic E-state index is 13.5. The fourth-order valence-corrected chi connectivity index (χ4v) is 4.10. The first-order chi connectivity index (χ1) is 15.0. The van der Waals surface area contributed by atoms with Crippen molar-refractivity contribution in [2.45, 2.75) is 40.0 Å². The minimum atomic E-state index is -0.259. The van der Waals surface area contributed by atoms with Crippen molar-refractivity contribution < 1.29 is 14.3 Å². The van der Waals surface area contributed by atoms with Crippen LogP contribution in [-0.2, 0) is 9.59 Å². The SMILES string of the molecule is Cc1ccc(N2C(=O)C(c3ccc(OCC(C)C)cc3)=C(N3CCCCC3)C2=O)cc1. The van der Waals surface area contributed by atoms with Crippen molar-refractivity contribution in [2.75, 3.05) is 24.6 Å². The molecule has 0 spiro atoms. The van der Waals surface area contributed by atoms with Crippen LogP contribution in [0.4, 0.5) is 5.69 Å². The number of carbonyl (C=O) groups is 2. The molecule has 1 fully saturated rings. The molecule has 31 heavy (non-hydrogen) atoms. The van der Waals surface area contributed by atoms with Crippen LogP contribution in [-0.4, -0.2) is 36.4 Å². The minimum absolute atomic E-state index is 0.231. The van der Waals surface area contributed by atoms with Gasteiger partial charge in [-0.3, -0.25) is 9.59 Å². The summed E-state index contributed by atoms with van der Waals surface area (Å²) < 4.78 is 5.79. The number of piperidine rings is 1. The number of carbonyl (C=O) groups excluding carboxylic acids is 2. The number of benzene rings is 2. The summed E-state index contributed by atoms with van der Waals surface area (Å²) in [5.74, 6) is 0.714. The number of ether oxygens (including phenoxy) is 1. The Balaban J connectivity index is 1.71. The first-order valence-electron chi connectivity index (χ1n) is 11.1. The van der Waals surface area contributed by atoms with Crippen LogP contribution in [0.5, 0.6) is 5.75 Å². The van der Waals surface area contributed by atoms with E-state index in [1.807, 2.05) is 55.5 Å². The molecule has 2 aliphatic heterocycles. The van der Waals surface area contributed by atoms with Gasteiger partial charge >= 0.3 is 0 Å². The van der Waals surface area contributed by atoms with E-state index in [0.29, 0.717) is 29.5 Å². The predicted octanol–water partition coefficient (Wildman–Crippen LogP) is 4.80. The van der Waals surface area contributed by atoms with Crippen LogP contribution >= 0.6 is 0 Å². The van der Waals surface area contributed by atoms with Crippen molar-refractivity contribution in [2.24, 2.45) is 5.92 Å². The Morgan fingerprint density at radius 1 is 0.871 bits per heavy atom. The van der Waals surface area contributed by atoms with Gasteiger partial charge in [-0.15, -0.1) is 0 Å². The lowest BCUT2D eigenvalue weighted by atomic mass is 10.0. The third-order valence-corrected chi connectivity index (χ3v) is 5.75. The molecular formula is C26H30N2O3. The summed E-state index contributed by atoms with van der Waals surface area (Å²) >= 11 is 0. The molecule has 5 nitrogen and oxygen atoms in total. The topological polar surface area (TPSA) is 49.9 Å². The zero-order chi connectivity index (χ0) is 22.0. The molecule has 0 radical (unpaired) electrons. The second kappa shape index (κ2) is 8.96. The number of amides is 2. The second-order valence-electron chi connectivity index (χ2n) is 8.78. The third kappa shape index (κ3) is 4.36. The van der Waals surface area contributed by atoms with E-state index in [4.69, 9.17) is 4.74 Å². The fraction of sp³-hybridized carbons (Fsp3) is 0.385. The molecule has 0 atom stereocenters. The van der Waals surface area contributed by atoms with Crippen LogP contribution in [0.3, 0.4) is 0 Å². The fourth-order valence-electron chi connectivity index (χ4n) is 4.10. The molecule has 0 saturated carbocycles. The van der Waals surface area contributed by atoms with Gasteiger partial charge in [-0.2, -0.15) is 0 Å². The lowest BCUT2D eigenvalue weighted by molar-refractivity contribution is -0.120. The average molecular weight is 419 g/mol. The Morgan fingerprint density at radius 3 is 2.13 bits per heavy atom. The molecule has 162 valence electrons. The zero-order valence-electron chi connectivity index (χ0n) is 18.6. The molecule has 0 aliphatic carbocycles. The maximum atomic E-state index is 13.5. The largest absolute Gasteiger partial charge is 0.493 e. The highest BCUT2D eigenvalue weighted by atomic mass is 16.5. The molecule has 2 aliphatic rings. The molecular weight excluding hydrogens is 388 g/mol. The number of imide groups is 1. The molecule has 2 aromatic carbocycles. The van der Waals surface area contributed by atoms with Crippen molar-refractivity contribution in [3.63, 3.8) is 0 Å². The van der Waals surface area contributed by atoms with Gasteiger partial charge in [0, 0.05) is 13.1 Å². The number of likely N-dealkylation sites (tertiary alicyclic amines) is 1. The highest BCUT2D eigenvalue weighted by Crippen LogP contribution is 2.36. The summed E-state index contributed by atoms with van der Waals surface area (Å²) in [6.45, 7) is 8.44. The Labute approximate surface area is 184 Å². The van der Waals surface area contributed by atoms with Gasteiger partial charge in [-0.1, -0.05) is 43.7 Å². The van der Waals surface area contributed by atoms with Gasteiger partial charge in [-0.25, -0.2) is 4.90 Å². The van der Waals surface area contributed by atoms with E-state index < -0.39 is 0 Å². The van der Waals surface area contributed by atoms with Gasteiger partial charge in [0.1, 0.15) is 11.4 Å². The highest BCUT2D eigenvalue weighted by molar-refractivity contribution is 6.45. The second-order valence-corrected chi connectivity index (χ2v) is 8.78. The molecule has 4 rings (SSSR count). The Bertz CT molecular complexity index is 984. The first kappa shape index (κ1) is 21.2. The van der Waals surface area contributed by atoms with E-state index in [-0.39, 0.29) is 11.8 Å². The molecule has 5 heteroatoms. The third-order valence-electron chi connectivity index (χ3n) is 5.75. The van der Waals surface area contributed by atoms with Crippen molar-refractivity contribution in [3.05, 3.63) is 65.4 Å². The summed E-state index contributed by atoms with van der Waals surface area (Å²) in [5.41, 5.74) is 3.47. The maximum Gasteiger partial charge on any atom is 0.282 e. The van der Waals surface area contributed by atoms with Crippen molar-refractivity contribution in [1.82, 2.24) is 4.90 Å². The van der Waals surface area contributed by atoms with Gasteiger partial charge in [0.15, 0.2) is 0 Å². The van der Waals surface area contributed by atoms with Gasteiger partial charge in [0.05, 0.1) is 17.9 Å². The number of hydrogen-bond donors (Lipinski definition) is 0. The van der Waals surface area contributed by atoms with Crippen molar-refractivity contribution >= 4 is 23.1 Å². The first-order valence-corrected chi connectivity index (χ1v) is 11.1. The van der Waals surface area contributed by atoms with Crippen LogP contribution in [0.2, 0.25) is 0 Å². The Kier molecular flexibility index (Phi) is 6.12. The molecule has 0 unspecified atom stereocenters. The highest BCUT2D eigenvalue weighted by Gasteiger charge is 2.42. The molecule has 0 N–H and O–H groups in total.